The van der Waals surface area contributed by atoms with E-state index in [1.54, 1.807) is 30.3 Å². The molecule has 7 heteroatoms. The molecule has 3 heterocycles. The summed E-state index contributed by atoms with van der Waals surface area (Å²) in [7, 11) is 0. The molecule has 150 valence electrons. The third-order valence-corrected chi connectivity index (χ3v) is 5.27. The van der Waals surface area contributed by atoms with Gasteiger partial charge in [-0.3, -0.25) is 0 Å². The van der Waals surface area contributed by atoms with Crippen LogP contribution in [0.1, 0.15) is 11.3 Å². The molecular formula is C24H14ClFN4O. The average molecular weight is 429 g/mol. The fourth-order valence-electron chi connectivity index (χ4n) is 3.51. The van der Waals surface area contributed by atoms with Crippen LogP contribution in [0.25, 0.3) is 33.8 Å². The maximum atomic E-state index is 14.3. The molecule has 2 aromatic carbocycles. The smallest absolute Gasteiger partial charge is 0.157 e. The second-order valence-corrected chi connectivity index (χ2v) is 7.46. The highest BCUT2D eigenvalue weighted by molar-refractivity contribution is 6.30. The molecule has 0 amide bonds. The number of hydrogen-bond donors (Lipinski definition) is 0. The van der Waals surface area contributed by atoms with Gasteiger partial charge in [0.05, 0.1) is 23.5 Å². The summed E-state index contributed by atoms with van der Waals surface area (Å²) < 4.78 is 21.6. The molecule has 0 N–H and O–H groups in total. The van der Waals surface area contributed by atoms with Crippen molar-refractivity contribution in [1.82, 2.24) is 14.7 Å². The zero-order valence-corrected chi connectivity index (χ0v) is 16.8. The number of nitriles is 1. The normalized spacial score (nSPS) is 11.0. The van der Waals surface area contributed by atoms with E-state index in [9.17, 15) is 9.65 Å². The number of benzene rings is 2. The lowest BCUT2D eigenvalue weighted by Gasteiger charge is -2.06. The predicted molar refractivity (Wildman–Crippen MR) is 115 cm³/mol. The molecule has 2 aliphatic rings. The first-order chi connectivity index (χ1) is 15.1. The van der Waals surface area contributed by atoms with Gasteiger partial charge in [0, 0.05) is 40.2 Å². The van der Waals surface area contributed by atoms with E-state index >= 15 is 0 Å². The zero-order chi connectivity index (χ0) is 21.4. The summed E-state index contributed by atoms with van der Waals surface area (Å²) in [6, 6.07) is 19.5. The topological polar surface area (TPSA) is 67.6 Å². The molecule has 0 unspecified atom stereocenters. The quantitative estimate of drug-likeness (QED) is 0.351. The van der Waals surface area contributed by atoms with Gasteiger partial charge >= 0.3 is 0 Å². The molecule has 0 fully saturated rings. The van der Waals surface area contributed by atoms with Crippen molar-refractivity contribution < 1.29 is 8.91 Å². The van der Waals surface area contributed by atoms with E-state index < -0.39 is 5.82 Å². The first-order valence-corrected chi connectivity index (χ1v) is 9.86. The number of aromatic nitrogens is 3. The second-order valence-electron chi connectivity index (χ2n) is 7.03. The molecule has 0 bridgehead atoms. The molecule has 2 aliphatic heterocycles. The summed E-state index contributed by atoms with van der Waals surface area (Å²) in [4.78, 5) is 4.54. The zero-order valence-electron chi connectivity index (χ0n) is 16.1. The van der Waals surface area contributed by atoms with Gasteiger partial charge in [-0.25, -0.2) is 9.37 Å². The number of rotatable bonds is 4. The molecule has 5 rings (SSSR count). The fourth-order valence-corrected chi connectivity index (χ4v) is 3.64. The lowest BCUT2D eigenvalue weighted by molar-refractivity contribution is 0.378. The Morgan fingerprint density at radius 1 is 1.03 bits per heavy atom. The Bertz CT molecular complexity index is 1400. The number of pyridine rings is 1. The highest BCUT2D eigenvalue weighted by Gasteiger charge is 2.21. The first kappa shape index (κ1) is 19.0. The first-order valence-electron chi connectivity index (χ1n) is 9.48. The minimum Gasteiger partial charge on any atom is -0.359 e. The van der Waals surface area contributed by atoms with Gasteiger partial charge in [-0.05, 0) is 30.3 Å². The summed E-state index contributed by atoms with van der Waals surface area (Å²) >= 11 is 5.94. The van der Waals surface area contributed by atoms with Crippen LogP contribution in [0.4, 0.5) is 4.39 Å². The van der Waals surface area contributed by atoms with E-state index in [0.29, 0.717) is 51.1 Å². The van der Waals surface area contributed by atoms with Crippen LogP contribution in [-0.2, 0) is 6.54 Å². The van der Waals surface area contributed by atoms with E-state index in [2.05, 4.69) is 16.2 Å². The Kier molecular flexibility index (Phi) is 4.73. The largest absolute Gasteiger partial charge is 0.359 e. The standard InChI is InChI=1S/C24H14ClFN4O/c25-16-7-5-15(6-8-16)22-11-17(31-29-22)13-30-10-9-18-20(12-27)24(28-23(18)14-30)19-3-1-2-4-21(19)26/h1-11,14H,13H2. The summed E-state index contributed by atoms with van der Waals surface area (Å²) in [5, 5.41) is 14.4. The lowest BCUT2D eigenvalue weighted by atomic mass is 10.0. The van der Waals surface area contributed by atoms with Crippen LogP contribution in [0, 0.1) is 17.1 Å². The van der Waals surface area contributed by atoms with Gasteiger partial charge in [-0.1, -0.05) is 41.0 Å². The van der Waals surface area contributed by atoms with Gasteiger partial charge in [0.1, 0.15) is 17.6 Å². The van der Waals surface area contributed by atoms with Gasteiger partial charge in [0.15, 0.2) is 5.76 Å². The average Bonchev–Trinajstić information content (AvgIpc) is 3.38. The van der Waals surface area contributed by atoms with E-state index in [1.807, 2.05) is 41.2 Å². The number of halogens is 2. The van der Waals surface area contributed by atoms with Crippen LogP contribution in [0.3, 0.4) is 0 Å². The number of hydrogen-bond acceptors (Lipinski definition) is 4. The van der Waals surface area contributed by atoms with Crippen LogP contribution in [0.5, 0.6) is 0 Å². The maximum Gasteiger partial charge on any atom is 0.157 e. The summed E-state index contributed by atoms with van der Waals surface area (Å²) in [5.41, 5.74) is 3.92. The van der Waals surface area contributed by atoms with Crippen molar-refractivity contribution in [3.8, 4) is 39.8 Å². The molecule has 0 spiro atoms. The Labute approximate surface area is 182 Å². The summed E-state index contributed by atoms with van der Waals surface area (Å²) in [6.45, 7) is 0.431. The second kappa shape index (κ2) is 7.71. The Morgan fingerprint density at radius 3 is 2.61 bits per heavy atom. The van der Waals surface area contributed by atoms with Crippen molar-refractivity contribution in [1.29, 1.82) is 5.26 Å². The fraction of sp³-hybridized carbons (Fsp3) is 0.0417. The highest BCUT2D eigenvalue weighted by Crippen LogP contribution is 2.35. The minimum atomic E-state index is -0.411. The molecule has 0 saturated carbocycles. The van der Waals surface area contributed by atoms with E-state index in [-0.39, 0.29) is 0 Å². The molecule has 0 atom stereocenters. The van der Waals surface area contributed by atoms with E-state index in [1.165, 1.54) is 6.07 Å². The van der Waals surface area contributed by atoms with Gasteiger partial charge in [0.25, 0.3) is 0 Å². The lowest BCUT2D eigenvalue weighted by Crippen LogP contribution is -1.99. The van der Waals surface area contributed by atoms with Crippen molar-refractivity contribution in [2.45, 2.75) is 6.54 Å². The molecule has 5 nitrogen and oxygen atoms in total. The maximum absolute atomic E-state index is 14.3. The summed E-state index contributed by atoms with van der Waals surface area (Å²) in [5.74, 6) is 0.252. The monoisotopic (exact) mass is 428 g/mol. The van der Waals surface area contributed by atoms with Crippen molar-refractivity contribution in [2.24, 2.45) is 0 Å². The van der Waals surface area contributed by atoms with Crippen LogP contribution >= 0.6 is 11.6 Å². The minimum absolute atomic E-state index is 0.310. The van der Waals surface area contributed by atoms with Gasteiger partial charge in [-0.15, -0.1) is 0 Å². The van der Waals surface area contributed by atoms with Crippen molar-refractivity contribution in [3.63, 3.8) is 0 Å². The van der Waals surface area contributed by atoms with Crippen LogP contribution in [-0.4, -0.2) is 14.7 Å². The van der Waals surface area contributed by atoms with E-state index in [0.717, 1.165) is 5.56 Å². The SMILES string of the molecule is N#Cc1c2ccn(Cc3cc(-c4ccc(Cl)cc4)no3)cc-2nc1-c1ccccc1F. The van der Waals surface area contributed by atoms with Gasteiger partial charge in [-0.2, -0.15) is 5.26 Å². The Balaban J connectivity index is 1.47. The van der Waals surface area contributed by atoms with Crippen LogP contribution < -0.4 is 0 Å². The van der Waals surface area contributed by atoms with Crippen molar-refractivity contribution in [2.75, 3.05) is 0 Å². The summed E-state index contributed by atoms with van der Waals surface area (Å²) in [6.07, 6.45) is 3.64. The molecule has 31 heavy (non-hydrogen) atoms. The number of fused-ring (bicyclic) bond motifs is 1. The predicted octanol–water partition coefficient (Wildman–Crippen LogP) is 6.02. The molecular weight excluding hydrogens is 415 g/mol. The number of nitrogens with zero attached hydrogens (tertiary/aromatic N) is 4. The molecule has 3 aromatic rings. The molecule has 0 aliphatic carbocycles. The van der Waals surface area contributed by atoms with Gasteiger partial charge in [0.2, 0.25) is 0 Å². The van der Waals surface area contributed by atoms with Gasteiger partial charge < -0.3 is 9.09 Å². The van der Waals surface area contributed by atoms with Crippen molar-refractivity contribution in [3.05, 3.63) is 95.2 Å². The Hall–Kier alpha value is -3.95. The van der Waals surface area contributed by atoms with Crippen LogP contribution in [0.15, 0.2) is 77.6 Å². The molecule has 1 aromatic heterocycles. The van der Waals surface area contributed by atoms with Crippen LogP contribution in [0.2, 0.25) is 5.02 Å². The third-order valence-electron chi connectivity index (χ3n) is 5.01. The highest BCUT2D eigenvalue weighted by atomic mass is 35.5. The Morgan fingerprint density at radius 2 is 1.84 bits per heavy atom. The third kappa shape index (κ3) is 3.56. The molecule has 0 saturated heterocycles. The van der Waals surface area contributed by atoms with Crippen molar-refractivity contribution >= 4 is 11.6 Å². The van der Waals surface area contributed by atoms with E-state index in [4.69, 9.17) is 16.1 Å². The molecule has 0 radical (unpaired) electrons.